The lowest BCUT2D eigenvalue weighted by Gasteiger charge is -2.05. The standard InChI is InChI=1S/C10H7F2N3OS/c11-4-1-2-5(6(12)3-4)7-8(13)14-10(17)15-9(7)16/h1-3H,(H4,13,14,15,16,17). The lowest BCUT2D eigenvalue weighted by Crippen LogP contribution is -2.14. The van der Waals surface area contributed by atoms with Gasteiger partial charge in [-0.3, -0.25) is 9.78 Å². The quantitative estimate of drug-likeness (QED) is 0.682. The van der Waals surface area contributed by atoms with Crippen LogP contribution in [-0.4, -0.2) is 9.97 Å². The van der Waals surface area contributed by atoms with Crippen LogP contribution in [0.4, 0.5) is 14.6 Å². The van der Waals surface area contributed by atoms with Crippen molar-refractivity contribution in [3.05, 3.63) is 45.0 Å². The van der Waals surface area contributed by atoms with Crippen molar-refractivity contribution in [2.75, 3.05) is 5.73 Å². The molecule has 0 aliphatic rings. The summed E-state index contributed by atoms with van der Waals surface area (Å²) in [5, 5.41) is 0. The third-order valence-corrected chi connectivity index (χ3v) is 2.38. The number of H-pyrrole nitrogens is 2. The van der Waals surface area contributed by atoms with E-state index in [1.807, 2.05) is 0 Å². The molecule has 0 amide bonds. The fourth-order valence-electron chi connectivity index (χ4n) is 1.46. The maximum absolute atomic E-state index is 13.5. The smallest absolute Gasteiger partial charge is 0.261 e. The van der Waals surface area contributed by atoms with Gasteiger partial charge in [-0.2, -0.15) is 0 Å². The Morgan fingerprint density at radius 3 is 2.53 bits per heavy atom. The van der Waals surface area contributed by atoms with Crippen molar-refractivity contribution in [1.82, 2.24) is 9.97 Å². The molecule has 0 aliphatic heterocycles. The van der Waals surface area contributed by atoms with Gasteiger partial charge in [0.2, 0.25) is 0 Å². The number of nitrogen functional groups attached to an aromatic ring is 1. The molecule has 4 N–H and O–H groups in total. The zero-order chi connectivity index (χ0) is 12.6. The summed E-state index contributed by atoms with van der Waals surface area (Å²) in [5.41, 5.74) is 4.74. The Kier molecular flexibility index (Phi) is 2.76. The van der Waals surface area contributed by atoms with Crippen molar-refractivity contribution in [3.8, 4) is 11.1 Å². The number of hydrogen-bond donors (Lipinski definition) is 3. The molecule has 2 aromatic rings. The Labute approximate surface area is 99.1 Å². The van der Waals surface area contributed by atoms with Crippen molar-refractivity contribution in [3.63, 3.8) is 0 Å². The lowest BCUT2D eigenvalue weighted by atomic mass is 10.1. The van der Waals surface area contributed by atoms with Gasteiger partial charge in [-0.1, -0.05) is 0 Å². The number of nitrogens with two attached hydrogens (primary N) is 1. The van der Waals surface area contributed by atoms with E-state index >= 15 is 0 Å². The van der Waals surface area contributed by atoms with Gasteiger partial charge in [-0.25, -0.2) is 8.78 Å². The summed E-state index contributed by atoms with van der Waals surface area (Å²) in [5.74, 6) is -1.66. The zero-order valence-electron chi connectivity index (χ0n) is 8.38. The highest BCUT2D eigenvalue weighted by Crippen LogP contribution is 2.23. The summed E-state index contributed by atoms with van der Waals surface area (Å²) in [7, 11) is 0. The fourth-order valence-corrected chi connectivity index (χ4v) is 1.67. The van der Waals surface area contributed by atoms with Crippen LogP contribution in [-0.2, 0) is 0 Å². The summed E-state index contributed by atoms with van der Waals surface area (Å²) in [6.45, 7) is 0. The topological polar surface area (TPSA) is 74.7 Å². The first-order valence-corrected chi connectivity index (χ1v) is 4.97. The maximum Gasteiger partial charge on any atom is 0.261 e. The van der Waals surface area contributed by atoms with Crippen molar-refractivity contribution < 1.29 is 8.78 Å². The largest absolute Gasteiger partial charge is 0.385 e. The molecular formula is C10H7F2N3OS. The Morgan fingerprint density at radius 2 is 1.94 bits per heavy atom. The van der Waals surface area contributed by atoms with E-state index in [9.17, 15) is 13.6 Å². The first kappa shape index (κ1) is 11.5. The van der Waals surface area contributed by atoms with Crippen molar-refractivity contribution in [2.24, 2.45) is 0 Å². The molecular weight excluding hydrogens is 248 g/mol. The summed E-state index contributed by atoms with van der Waals surface area (Å²) < 4.78 is 26.3. The number of nitrogens with one attached hydrogen (secondary N) is 2. The van der Waals surface area contributed by atoms with Crippen molar-refractivity contribution in [2.45, 2.75) is 0 Å². The number of anilines is 1. The minimum absolute atomic E-state index is 0.0405. The van der Waals surface area contributed by atoms with Crippen molar-refractivity contribution in [1.29, 1.82) is 0 Å². The second kappa shape index (κ2) is 4.10. The summed E-state index contributed by atoms with van der Waals surface area (Å²) in [6.07, 6.45) is 0. The van der Waals surface area contributed by atoms with Gasteiger partial charge in [-0.15, -0.1) is 0 Å². The van der Waals surface area contributed by atoms with Crippen LogP contribution in [0, 0.1) is 16.4 Å². The van der Waals surface area contributed by atoms with E-state index in [0.717, 1.165) is 12.1 Å². The molecule has 0 atom stereocenters. The average Bonchev–Trinajstić information content (AvgIpc) is 2.19. The molecule has 0 unspecified atom stereocenters. The van der Waals surface area contributed by atoms with Gasteiger partial charge in [0, 0.05) is 11.6 Å². The molecule has 0 radical (unpaired) electrons. The van der Waals surface area contributed by atoms with Gasteiger partial charge in [0.15, 0.2) is 4.77 Å². The minimum Gasteiger partial charge on any atom is -0.385 e. The Balaban J connectivity index is 2.77. The molecule has 4 nitrogen and oxygen atoms in total. The van der Waals surface area contributed by atoms with E-state index in [1.165, 1.54) is 0 Å². The van der Waals surface area contributed by atoms with E-state index in [0.29, 0.717) is 6.07 Å². The van der Waals surface area contributed by atoms with Crippen LogP contribution in [0.15, 0.2) is 23.0 Å². The summed E-state index contributed by atoms with van der Waals surface area (Å²) in [4.78, 5) is 16.4. The fraction of sp³-hybridized carbons (Fsp3) is 0. The van der Waals surface area contributed by atoms with Crippen LogP contribution < -0.4 is 11.3 Å². The molecule has 0 spiro atoms. The number of rotatable bonds is 1. The third kappa shape index (κ3) is 2.09. The van der Waals surface area contributed by atoms with Gasteiger partial charge in [-0.05, 0) is 24.4 Å². The van der Waals surface area contributed by atoms with Gasteiger partial charge in [0.1, 0.15) is 17.5 Å². The van der Waals surface area contributed by atoms with Gasteiger partial charge < -0.3 is 10.7 Å². The van der Waals surface area contributed by atoms with Gasteiger partial charge in [0.05, 0.1) is 5.56 Å². The Morgan fingerprint density at radius 1 is 1.24 bits per heavy atom. The van der Waals surface area contributed by atoms with E-state index in [1.54, 1.807) is 0 Å². The lowest BCUT2D eigenvalue weighted by molar-refractivity contribution is 0.585. The van der Waals surface area contributed by atoms with Crippen LogP contribution in [0.1, 0.15) is 0 Å². The molecule has 2 rings (SSSR count). The van der Waals surface area contributed by atoms with Crippen LogP contribution >= 0.6 is 12.2 Å². The number of aromatic nitrogens is 2. The number of benzene rings is 1. The van der Waals surface area contributed by atoms with Crippen LogP contribution in [0.5, 0.6) is 0 Å². The van der Waals surface area contributed by atoms with E-state index in [2.05, 4.69) is 9.97 Å². The highest BCUT2D eigenvalue weighted by molar-refractivity contribution is 7.71. The molecule has 88 valence electrons. The minimum atomic E-state index is -0.868. The van der Waals surface area contributed by atoms with E-state index in [-0.39, 0.29) is 21.7 Å². The molecule has 7 heteroatoms. The average molecular weight is 255 g/mol. The molecule has 0 bridgehead atoms. The van der Waals surface area contributed by atoms with Crippen LogP contribution in [0.2, 0.25) is 0 Å². The molecule has 0 saturated heterocycles. The van der Waals surface area contributed by atoms with E-state index < -0.39 is 17.2 Å². The van der Waals surface area contributed by atoms with Gasteiger partial charge >= 0.3 is 0 Å². The van der Waals surface area contributed by atoms with Gasteiger partial charge in [0.25, 0.3) is 5.56 Å². The summed E-state index contributed by atoms with van der Waals surface area (Å²) >= 11 is 4.71. The first-order chi connectivity index (χ1) is 7.99. The predicted molar refractivity (Wildman–Crippen MR) is 62.0 cm³/mol. The van der Waals surface area contributed by atoms with Crippen LogP contribution in [0.25, 0.3) is 11.1 Å². The first-order valence-electron chi connectivity index (χ1n) is 4.56. The second-order valence-corrected chi connectivity index (χ2v) is 3.73. The molecule has 0 fully saturated rings. The maximum atomic E-state index is 13.5. The number of aromatic amines is 2. The molecule has 1 heterocycles. The highest BCUT2D eigenvalue weighted by Gasteiger charge is 2.13. The Hall–Kier alpha value is -2.02. The van der Waals surface area contributed by atoms with E-state index in [4.69, 9.17) is 18.0 Å². The second-order valence-electron chi connectivity index (χ2n) is 3.32. The SMILES string of the molecule is Nc1[nH]c(=S)[nH]c(=O)c1-c1ccc(F)cc1F. The third-order valence-electron chi connectivity index (χ3n) is 2.17. The molecule has 0 aliphatic carbocycles. The predicted octanol–water partition coefficient (Wildman–Crippen LogP) is 1.96. The molecule has 17 heavy (non-hydrogen) atoms. The Bertz CT molecular complexity index is 693. The highest BCUT2D eigenvalue weighted by atomic mass is 32.1. The molecule has 1 aromatic heterocycles. The molecule has 1 aromatic carbocycles. The number of hydrogen-bond acceptors (Lipinski definition) is 3. The van der Waals surface area contributed by atoms with Crippen molar-refractivity contribution >= 4 is 18.0 Å². The monoisotopic (exact) mass is 255 g/mol. The zero-order valence-corrected chi connectivity index (χ0v) is 9.20. The number of halogens is 2. The van der Waals surface area contributed by atoms with Crippen LogP contribution in [0.3, 0.4) is 0 Å². The molecule has 0 saturated carbocycles. The summed E-state index contributed by atoms with van der Waals surface area (Å²) in [6, 6.07) is 2.86. The normalized spacial score (nSPS) is 10.5.